The zero-order valence-corrected chi connectivity index (χ0v) is 21.8. The minimum atomic E-state index is -0.540. The Hall–Kier alpha value is -3.62. The Morgan fingerprint density at radius 3 is 2.63 bits per heavy atom. The van der Waals surface area contributed by atoms with Crippen LogP contribution in [0.15, 0.2) is 53.8 Å². The van der Waals surface area contributed by atoms with Crippen LogP contribution in [0.25, 0.3) is 32.8 Å². The number of halogens is 3. The second-order valence-corrected chi connectivity index (χ2v) is 10.2. The first-order chi connectivity index (χ1) is 18.4. The Morgan fingerprint density at radius 2 is 1.92 bits per heavy atom. The van der Waals surface area contributed by atoms with E-state index in [9.17, 15) is 14.0 Å². The van der Waals surface area contributed by atoms with E-state index in [1.54, 1.807) is 17.0 Å². The van der Waals surface area contributed by atoms with Crippen molar-refractivity contribution in [3.63, 3.8) is 0 Å². The predicted molar refractivity (Wildman–Crippen MR) is 148 cm³/mol. The van der Waals surface area contributed by atoms with Crippen molar-refractivity contribution in [2.75, 3.05) is 31.1 Å². The second-order valence-electron chi connectivity index (χ2n) is 9.45. The third-order valence-corrected chi connectivity index (χ3v) is 7.66. The number of ether oxygens (including phenoxy) is 1. The van der Waals surface area contributed by atoms with E-state index < -0.39 is 11.5 Å². The third-order valence-electron chi connectivity index (χ3n) is 6.99. The Balaban J connectivity index is 1.56. The summed E-state index contributed by atoms with van der Waals surface area (Å²) in [6.45, 7) is 5.47. The highest BCUT2D eigenvalue weighted by Gasteiger charge is 2.30. The van der Waals surface area contributed by atoms with Crippen LogP contribution in [0.5, 0.6) is 5.75 Å². The van der Waals surface area contributed by atoms with E-state index in [4.69, 9.17) is 27.9 Å². The SMILES string of the molecule is C=CC(=O)N1CCN(c2nc(=O)[nH]c3c(OC4CC4)c(-c4cccc5ccc(F)c(Cl)c45)c(Cl)cc23)CC1. The van der Waals surface area contributed by atoms with Gasteiger partial charge in [-0.1, -0.05) is 54.0 Å². The lowest BCUT2D eigenvalue weighted by Gasteiger charge is -2.35. The van der Waals surface area contributed by atoms with Gasteiger partial charge in [0.2, 0.25) is 5.91 Å². The van der Waals surface area contributed by atoms with Gasteiger partial charge in [-0.3, -0.25) is 4.79 Å². The standard InChI is InChI=1S/C28H23Cl2FN4O3/c1-2-21(36)34-10-12-35(13-11-34)27-18-14-19(29)23(26(38-16-7-8-16)25(18)32-28(37)33-27)17-5-3-4-15-6-9-20(31)24(30)22(15)17/h2-6,9,14,16H,1,7-8,10-13H2,(H,32,33,37). The van der Waals surface area contributed by atoms with Gasteiger partial charge in [-0.15, -0.1) is 0 Å². The molecule has 4 aromatic rings. The number of hydrogen-bond acceptors (Lipinski definition) is 5. The Labute approximate surface area is 227 Å². The van der Waals surface area contributed by atoms with Gasteiger partial charge in [0.1, 0.15) is 11.6 Å². The fourth-order valence-electron chi connectivity index (χ4n) is 4.97. The average molecular weight is 553 g/mol. The highest BCUT2D eigenvalue weighted by Crippen LogP contribution is 2.48. The van der Waals surface area contributed by atoms with Crippen molar-refractivity contribution in [1.29, 1.82) is 0 Å². The lowest BCUT2D eigenvalue weighted by Crippen LogP contribution is -2.49. The van der Waals surface area contributed by atoms with Crippen molar-refractivity contribution >= 4 is 56.6 Å². The normalized spacial score (nSPS) is 15.8. The highest BCUT2D eigenvalue weighted by molar-refractivity contribution is 6.39. The van der Waals surface area contributed by atoms with Crippen molar-refractivity contribution in [1.82, 2.24) is 14.9 Å². The summed E-state index contributed by atoms with van der Waals surface area (Å²) in [7, 11) is 0. The topological polar surface area (TPSA) is 78.5 Å². The molecule has 38 heavy (non-hydrogen) atoms. The number of aromatic nitrogens is 2. The average Bonchev–Trinajstić information content (AvgIpc) is 3.74. The molecule has 1 aromatic heterocycles. The molecule has 1 saturated heterocycles. The number of nitrogens with zero attached hydrogens (tertiary/aromatic N) is 3. The minimum Gasteiger partial charge on any atom is -0.488 e. The monoisotopic (exact) mass is 552 g/mol. The Bertz CT molecular complexity index is 1680. The number of fused-ring (bicyclic) bond motifs is 2. The smallest absolute Gasteiger partial charge is 0.347 e. The van der Waals surface area contributed by atoms with Crippen molar-refractivity contribution < 1.29 is 13.9 Å². The number of aromatic amines is 1. The van der Waals surface area contributed by atoms with Crippen LogP contribution in [0.4, 0.5) is 10.2 Å². The number of nitrogens with one attached hydrogen (secondary N) is 1. The molecule has 7 nitrogen and oxygen atoms in total. The van der Waals surface area contributed by atoms with E-state index in [0.717, 1.165) is 18.2 Å². The lowest BCUT2D eigenvalue weighted by atomic mass is 9.96. The number of carbonyl (C=O) groups excluding carboxylic acids is 1. The third kappa shape index (κ3) is 4.27. The van der Waals surface area contributed by atoms with Crippen LogP contribution in [-0.4, -0.2) is 53.1 Å². The van der Waals surface area contributed by atoms with Gasteiger partial charge >= 0.3 is 5.69 Å². The van der Waals surface area contributed by atoms with E-state index in [-0.39, 0.29) is 17.0 Å². The molecule has 2 heterocycles. The van der Waals surface area contributed by atoms with E-state index in [0.29, 0.717) is 70.2 Å². The van der Waals surface area contributed by atoms with Crippen LogP contribution in [0.1, 0.15) is 12.8 Å². The van der Waals surface area contributed by atoms with Crippen LogP contribution < -0.4 is 15.3 Å². The van der Waals surface area contributed by atoms with Crippen LogP contribution in [0.3, 0.4) is 0 Å². The van der Waals surface area contributed by atoms with E-state index in [1.165, 1.54) is 12.1 Å². The van der Waals surface area contributed by atoms with Crippen molar-refractivity contribution in [2.45, 2.75) is 18.9 Å². The number of benzene rings is 3. The highest BCUT2D eigenvalue weighted by atomic mass is 35.5. The van der Waals surface area contributed by atoms with Gasteiger partial charge in [0.15, 0.2) is 5.75 Å². The van der Waals surface area contributed by atoms with E-state index in [2.05, 4.69) is 16.5 Å². The molecule has 0 bridgehead atoms. The summed E-state index contributed by atoms with van der Waals surface area (Å²) in [5.74, 6) is 0.197. The number of piperazine rings is 1. The number of hydrogen-bond donors (Lipinski definition) is 1. The lowest BCUT2D eigenvalue weighted by molar-refractivity contribution is -0.126. The molecule has 0 atom stereocenters. The fraction of sp³-hybridized carbons (Fsp3) is 0.250. The van der Waals surface area contributed by atoms with Gasteiger partial charge in [-0.2, -0.15) is 4.98 Å². The van der Waals surface area contributed by atoms with Crippen molar-refractivity contribution in [3.8, 4) is 16.9 Å². The zero-order chi connectivity index (χ0) is 26.6. The number of carbonyl (C=O) groups is 1. The van der Waals surface area contributed by atoms with Gasteiger partial charge < -0.3 is 19.5 Å². The Kier molecular flexibility index (Phi) is 6.24. The van der Waals surface area contributed by atoms with Gasteiger partial charge in [0, 0.05) is 42.5 Å². The summed E-state index contributed by atoms with van der Waals surface area (Å²) < 4.78 is 20.9. The van der Waals surface area contributed by atoms with Gasteiger partial charge in [-0.25, -0.2) is 9.18 Å². The number of H-pyrrole nitrogens is 1. The quantitative estimate of drug-likeness (QED) is 0.328. The van der Waals surface area contributed by atoms with Crippen LogP contribution in [-0.2, 0) is 4.79 Å². The molecule has 0 spiro atoms. The Morgan fingerprint density at radius 1 is 1.16 bits per heavy atom. The molecule has 6 rings (SSSR count). The predicted octanol–water partition coefficient (Wildman–Crippen LogP) is 5.57. The molecule has 1 N–H and O–H groups in total. The van der Waals surface area contributed by atoms with Crippen LogP contribution in [0, 0.1) is 5.82 Å². The van der Waals surface area contributed by atoms with E-state index in [1.807, 2.05) is 23.1 Å². The molecule has 2 fully saturated rings. The van der Waals surface area contributed by atoms with Gasteiger partial charge in [0.25, 0.3) is 0 Å². The summed E-state index contributed by atoms with van der Waals surface area (Å²) in [5.41, 5.74) is 1.05. The van der Waals surface area contributed by atoms with Crippen molar-refractivity contribution in [3.05, 3.63) is 75.4 Å². The number of amides is 1. The first-order valence-corrected chi connectivity index (χ1v) is 13.1. The molecule has 0 radical (unpaired) electrons. The first kappa shape index (κ1) is 24.7. The molecular formula is C28H23Cl2FN4O3. The summed E-state index contributed by atoms with van der Waals surface area (Å²) in [5, 5.41) is 2.23. The fourth-order valence-corrected chi connectivity index (χ4v) is 5.54. The molecule has 1 saturated carbocycles. The molecule has 0 unspecified atom stereocenters. The molecule has 1 amide bonds. The van der Waals surface area contributed by atoms with Crippen LogP contribution in [0.2, 0.25) is 10.0 Å². The molecular weight excluding hydrogens is 530 g/mol. The van der Waals surface area contributed by atoms with Crippen LogP contribution >= 0.6 is 23.2 Å². The van der Waals surface area contributed by atoms with Gasteiger partial charge in [0.05, 0.1) is 21.7 Å². The molecule has 194 valence electrons. The summed E-state index contributed by atoms with van der Waals surface area (Å²) >= 11 is 13.4. The minimum absolute atomic E-state index is 0.0116. The summed E-state index contributed by atoms with van der Waals surface area (Å²) in [6, 6.07) is 10.3. The summed E-state index contributed by atoms with van der Waals surface area (Å²) in [4.78, 5) is 35.7. The summed E-state index contributed by atoms with van der Waals surface area (Å²) in [6.07, 6.45) is 3.02. The maximum atomic E-state index is 14.5. The first-order valence-electron chi connectivity index (χ1n) is 12.3. The van der Waals surface area contributed by atoms with E-state index >= 15 is 0 Å². The molecule has 1 aliphatic heterocycles. The number of rotatable bonds is 5. The van der Waals surface area contributed by atoms with Crippen molar-refractivity contribution in [2.24, 2.45) is 0 Å². The van der Waals surface area contributed by atoms with Gasteiger partial charge in [-0.05, 0) is 42.0 Å². The molecule has 10 heteroatoms. The maximum Gasteiger partial charge on any atom is 0.347 e. The molecule has 3 aromatic carbocycles. The maximum absolute atomic E-state index is 14.5. The largest absolute Gasteiger partial charge is 0.488 e. The molecule has 2 aliphatic rings. The zero-order valence-electron chi connectivity index (χ0n) is 20.3. The molecule has 1 aliphatic carbocycles. The second kappa shape index (κ2) is 9.60. The number of anilines is 1.